The van der Waals surface area contributed by atoms with Crippen molar-refractivity contribution in [2.45, 2.75) is 12.4 Å². The van der Waals surface area contributed by atoms with Gasteiger partial charge in [-0.2, -0.15) is 8.42 Å². The van der Waals surface area contributed by atoms with E-state index in [2.05, 4.69) is 0 Å². The standard InChI is InChI=1S/C2H4O6S.C2H4O2.2Na.2H/c3-1(4)2(5)9(6,7)8;1-2(3)4;;;;/h2,5H,(H,3,4)(H,6,7,8);1H3,(H,3,4);;;;. The molecule has 0 fully saturated rings. The summed E-state index contributed by atoms with van der Waals surface area (Å²) >= 11 is 0. The van der Waals surface area contributed by atoms with Gasteiger partial charge in [0.25, 0.3) is 11.4 Å². The second-order valence-corrected chi connectivity index (χ2v) is 3.20. The van der Waals surface area contributed by atoms with Crippen molar-refractivity contribution in [3.63, 3.8) is 0 Å². The van der Waals surface area contributed by atoms with Gasteiger partial charge in [-0.15, -0.1) is 0 Å². The third-order valence-corrected chi connectivity index (χ3v) is 1.26. The summed E-state index contributed by atoms with van der Waals surface area (Å²) in [6.45, 7) is 1.08. The van der Waals surface area contributed by atoms with Crippen molar-refractivity contribution in [2.24, 2.45) is 0 Å². The van der Waals surface area contributed by atoms with Gasteiger partial charge in [0, 0.05) is 6.92 Å². The van der Waals surface area contributed by atoms with Crippen molar-refractivity contribution < 1.29 is 37.9 Å². The topological polar surface area (TPSA) is 149 Å². The van der Waals surface area contributed by atoms with E-state index in [0.717, 1.165) is 6.92 Å². The van der Waals surface area contributed by atoms with Crippen LogP contribution in [0.2, 0.25) is 0 Å². The molecular weight excluding hydrogens is 254 g/mol. The molecule has 82 valence electrons. The molecular formula is C4H10Na2O8S. The minimum atomic E-state index is -4.85. The predicted molar refractivity (Wildman–Crippen MR) is 52.8 cm³/mol. The summed E-state index contributed by atoms with van der Waals surface area (Å²) in [5.74, 6) is -2.84. The van der Waals surface area contributed by atoms with E-state index in [1.54, 1.807) is 0 Å². The fourth-order valence-electron chi connectivity index (χ4n) is 0.127. The summed E-state index contributed by atoms with van der Waals surface area (Å²) in [5, 5.41) is 23.2. The summed E-state index contributed by atoms with van der Waals surface area (Å²) in [6, 6.07) is 0. The van der Waals surface area contributed by atoms with Crippen LogP contribution < -0.4 is 0 Å². The SMILES string of the molecule is CC(=O)O.O=C(O)C(O)S(=O)(=O)O.[NaH].[NaH]. The second kappa shape index (κ2) is 11.3. The molecule has 0 aliphatic rings. The summed E-state index contributed by atoms with van der Waals surface area (Å²) < 4.78 is 27.2. The molecule has 0 aliphatic heterocycles. The third kappa shape index (κ3) is 20.8. The average Bonchev–Trinajstić information content (AvgIpc) is 1.82. The number of aliphatic hydroxyl groups excluding tert-OH is 1. The zero-order chi connectivity index (χ0) is 11.2. The van der Waals surface area contributed by atoms with Crippen molar-refractivity contribution in [1.82, 2.24) is 0 Å². The molecule has 0 heterocycles. The Morgan fingerprint density at radius 1 is 1.13 bits per heavy atom. The minimum absolute atomic E-state index is 0. The van der Waals surface area contributed by atoms with Crippen molar-refractivity contribution in [1.29, 1.82) is 0 Å². The van der Waals surface area contributed by atoms with Crippen LogP contribution in [-0.2, 0) is 19.7 Å². The van der Waals surface area contributed by atoms with Gasteiger partial charge in [-0.3, -0.25) is 9.35 Å². The number of hydrogen-bond donors (Lipinski definition) is 4. The maximum absolute atomic E-state index is 9.70. The van der Waals surface area contributed by atoms with E-state index in [1.807, 2.05) is 0 Å². The van der Waals surface area contributed by atoms with Gasteiger partial charge in [-0.05, 0) is 0 Å². The molecule has 0 radical (unpaired) electrons. The van der Waals surface area contributed by atoms with Gasteiger partial charge >= 0.3 is 75.2 Å². The van der Waals surface area contributed by atoms with Crippen LogP contribution in [0.3, 0.4) is 0 Å². The third-order valence-electron chi connectivity index (χ3n) is 0.493. The van der Waals surface area contributed by atoms with Gasteiger partial charge in [-0.1, -0.05) is 0 Å². The first kappa shape index (κ1) is 24.9. The van der Waals surface area contributed by atoms with E-state index in [0.29, 0.717) is 0 Å². The normalized spacial score (nSPS) is 10.6. The molecule has 0 spiro atoms. The maximum atomic E-state index is 9.70. The zero-order valence-corrected chi connectivity index (χ0v) is 7.22. The van der Waals surface area contributed by atoms with Crippen molar-refractivity contribution >= 4 is 81.2 Å². The van der Waals surface area contributed by atoms with E-state index < -0.39 is 27.5 Å². The molecule has 8 nitrogen and oxygen atoms in total. The number of rotatable bonds is 2. The number of aliphatic hydroxyl groups is 1. The molecule has 0 aliphatic carbocycles. The van der Waals surface area contributed by atoms with E-state index in [4.69, 9.17) is 24.7 Å². The van der Waals surface area contributed by atoms with E-state index in [1.165, 1.54) is 0 Å². The van der Waals surface area contributed by atoms with Crippen LogP contribution in [0.5, 0.6) is 0 Å². The molecule has 0 amide bonds. The molecule has 15 heavy (non-hydrogen) atoms. The Kier molecular flexibility index (Phi) is 18.7. The first-order valence-electron chi connectivity index (χ1n) is 2.65. The van der Waals surface area contributed by atoms with Gasteiger partial charge in [0.1, 0.15) is 0 Å². The molecule has 0 aromatic rings. The Balaban J connectivity index is -0.0000000883. The summed E-state index contributed by atoms with van der Waals surface area (Å²) in [7, 11) is -4.85. The number of carboxylic acids is 2. The summed E-state index contributed by atoms with van der Waals surface area (Å²) in [5.41, 5.74) is -2.74. The molecule has 4 N–H and O–H groups in total. The van der Waals surface area contributed by atoms with Crippen LogP contribution in [0.4, 0.5) is 0 Å². The Morgan fingerprint density at radius 3 is 1.33 bits per heavy atom. The predicted octanol–water partition coefficient (Wildman–Crippen LogP) is -2.93. The fraction of sp³-hybridized carbons (Fsp3) is 0.500. The number of hydrogen-bond acceptors (Lipinski definition) is 5. The molecule has 11 heteroatoms. The monoisotopic (exact) mass is 264 g/mol. The van der Waals surface area contributed by atoms with Crippen LogP contribution in [0, 0.1) is 0 Å². The second-order valence-electron chi connectivity index (χ2n) is 1.72. The molecule has 0 saturated carbocycles. The molecule has 0 aromatic carbocycles. The van der Waals surface area contributed by atoms with Crippen LogP contribution >= 0.6 is 0 Å². The Labute approximate surface area is 130 Å². The molecule has 0 saturated heterocycles. The molecule has 1 atom stereocenters. The van der Waals surface area contributed by atoms with Crippen LogP contribution in [0.25, 0.3) is 0 Å². The van der Waals surface area contributed by atoms with Gasteiger partial charge in [0.2, 0.25) is 0 Å². The van der Waals surface area contributed by atoms with Crippen molar-refractivity contribution in [2.75, 3.05) is 0 Å². The van der Waals surface area contributed by atoms with Gasteiger partial charge < -0.3 is 15.3 Å². The van der Waals surface area contributed by atoms with Crippen LogP contribution in [-0.4, -0.2) is 105 Å². The number of carbonyl (C=O) groups is 2. The molecule has 0 rings (SSSR count). The quantitative estimate of drug-likeness (QED) is 0.306. The van der Waals surface area contributed by atoms with E-state index >= 15 is 0 Å². The van der Waals surface area contributed by atoms with E-state index in [9.17, 15) is 13.2 Å². The van der Waals surface area contributed by atoms with E-state index in [-0.39, 0.29) is 59.1 Å². The Bertz CT molecular complexity index is 281. The first-order valence-corrected chi connectivity index (χ1v) is 4.16. The molecule has 0 aromatic heterocycles. The van der Waals surface area contributed by atoms with Gasteiger partial charge in [0.15, 0.2) is 0 Å². The summed E-state index contributed by atoms with van der Waals surface area (Å²) in [4.78, 5) is 18.6. The molecule has 1 unspecified atom stereocenters. The van der Waals surface area contributed by atoms with Crippen molar-refractivity contribution in [3.05, 3.63) is 0 Å². The van der Waals surface area contributed by atoms with Crippen LogP contribution in [0.15, 0.2) is 0 Å². The molecule has 0 bridgehead atoms. The first-order chi connectivity index (χ1) is 5.59. The number of carboxylic acid groups (broad SMARTS) is 2. The van der Waals surface area contributed by atoms with Gasteiger partial charge in [0.05, 0.1) is 0 Å². The van der Waals surface area contributed by atoms with Crippen molar-refractivity contribution in [3.8, 4) is 0 Å². The van der Waals surface area contributed by atoms with Crippen LogP contribution in [0.1, 0.15) is 6.92 Å². The fourth-order valence-corrected chi connectivity index (χ4v) is 0.382. The zero-order valence-electron chi connectivity index (χ0n) is 6.41. The number of aliphatic carboxylic acids is 2. The Morgan fingerprint density at radius 2 is 1.33 bits per heavy atom. The summed E-state index contributed by atoms with van der Waals surface area (Å²) in [6.07, 6.45) is 0. The Hall–Kier alpha value is 0.810. The van der Waals surface area contributed by atoms with Gasteiger partial charge in [-0.25, -0.2) is 4.79 Å². The average molecular weight is 264 g/mol.